The molecule has 1 atom stereocenters. The van der Waals surface area contributed by atoms with Gasteiger partial charge in [-0.15, -0.1) is 11.3 Å². The number of esters is 1. The second kappa shape index (κ2) is 8.48. The molecule has 2 rings (SSSR count). The molecule has 0 aliphatic rings. The average molecular weight is 366 g/mol. The lowest BCUT2D eigenvalue weighted by Gasteiger charge is -2.10. The van der Waals surface area contributed by atoms with Crippen LogP contribution in [0.1, 0.15) is 20.3 Å². The summed E-state index contributed by atoms with van der Waals surface area (Å²) in [5.41, 5.74) is 0.787. The van der Waals surface area contributed by atoms with Gasteiger partial charge >= 0.3 is 5.97 Å². The molecule has 25 heavy (non-hydrogen) atoms. The van der Waals surface area contributed by atoms with Crippen molar-refractivity contribution in [2.75, 3.05) is 5.32 Å². The quantitative estimate of drug-likeness (QED) is 0.621. The maximum atomic E-state index is 13.3. The molecule has 5 nitrogen and oxygen atoms in total. The molecule has 1 N–H and O–H groups in total. The number of anilines is 1. The Hall–Kier alpha value is -2.61. The topological polar surface area (TPSA) is 68.3 Å². The number of benzene rings is 1. The van der Waals surface area contributed by atoms with E-state index >= 15 is 0 Å². The Morgan fingerprint density at radius 2 is 2.12 bits per heavy atom. The van der Waals surface area contributed by atoms with E-state index in [-0.39, 0.29) is 5.13 Å². The van der Waals surface area contributed by atoms with Crippen molar-refractivity contribution in [3.63, 3.8) is 0 Å². The number of nitrogens with one attached hydrogen (secondary N) is 1. The number of aromatic nitrogens is 1. The van der Waals surface area contributed by atoms with Crippen LogP contribution < -0.4 is 5.32 Å². The number of carbonyl (C=O) groups is 2. The molecule has 0 unspecified atom stereocenters. The number of nitrogens with zero attached hydrogens (tertiary/aromatic N) is 1. The lowest BCUT2D eigenvalue weighted by Crippen LogP contribution is -2.29. The fraction of sp³-hybridized carbons (Fsp3) is 0.235. The second-order valence-electron chi connectivity index (χ2n) is 5.05. The number of ether oxygens (including phenoxy) is 1. The molecule has 0 saturated carbocycles. The maximum absolute atomic E-state index is 13.3. The molecule has 0 fully saturated rings. The SMILES string of the molecule is CC/C=C/C(=O)O[C@H](C)C(=O)Nc1nc(-c2ccc(F)c(F)c2)cs1. The highest BCUT2D eigenvalue weighted by atomic mass is 32.1. The first-order chi connectivity index (χ1) is 11.9. The van der Waals surface area contributed by atoms with Crippen LogP contribution in [-0.4, -0.2) is 23.0 Å². The zero-order valence-electron chi connectivity index (χ0n) is 13.6. The van der Waals surface area contributed by atoms with E-state index in [0.29, 0.717) is 17.7 Å². The monoisotopic (exact) mass is 366 g/mol. The lowest BCUT2D eigenvalue weighted by molar-refractivity contribution is -0.148. The minimum atomic E-state index is -0.996. The van der Waals surface area contributed by atoms with E-state index in [1.807, 2.05) is 6.92 Å². The van der Waals surface area contributed by atoms with Gasteiger partial charge in [0.1, 0.15) is 0 Å². The molecule has 0 spiro atoms. The predicted octanol–water partition coefficient (Wildman–Crippen LogP) is 3.92. The van der Waals surface area contributed by atoms with Crippen molar-refractivity contribution in [1.29, 1.82) is 0 Å². The molecule has 0 saturated heterocycles. The molecular weight excluding hydrogens is 350 g/mol. The third kappa shape index (κ3) is 5.18. The summed E-state index contributed by atoms with van der Waals surface area (Å²) in [6, 6.07) is 3.43. The third-order valence-corrected chi connectivity index (χ3v) is 3.86. The van der Waals surface area contributed by atoms with E-state index < -0.39 is 29.6 Å². The summed E-state index contributed by atoms with van der Waals surface area (Å²) in [7, 11) is 0. The summed E-state index contributed by atoms with van der Waals surface area (Å²) < 4.78 is 31.2. The van der Waals surface area contributed by atoms with Crippen molar-refractivity contribution in [2.45, 2.75) is 26.4 Å². The normalized spacial score (nSPS) is 12.2. The standard InChI is InChI=1S/C17H16F2N2O3S/c1-3-4-5-15(22)24-10(2)16(23)21-17-20-14(9-25-17)11-6-7-12(18)13(19)8-11/h4-10H,3H2,1-2H3,(H,20,21,23)/b5-4+/t10-/m1/s1. The van der Waals surface area contributed by atoms with Crippen LogP contribution in [0.3, 0.4) is 0 Å². The highest BCUT2D eigenvalue weighted by Crippen LogP contribution is 2.26. The summed E-state index contributed by atoms with van der Waals surface area (Å²) in [5, 5.41) is 4.38. The molecule has 2 aromatic rings. The van der Waals surface area contributed by atoms with Crippen LogP contribution >= 0.6 is 11.3 Å². The van der Waals surface area contributed by atoms with Gasteiger partial charge in [0.05, 0.1) is 5.69 Å². The zero-order valence-corrected chi connectivity index (χ0v) is 14.4. The Bertz CT molecular complexity index is 805. The van der Waals surface area contributed by atoms with Gasteiger partial charge in [0, 0.05) is 17.0 Å². The molecule has 1 amide bonds. The highest BCUT2D eigenvalue weighted by molar-refractivity contribution is 7.14. The largest absolute Gasteiger partial charge is 0.449 e. The number of hydrogen-bond donors (Lipinski definition) is 1. The number of amides is 1. The van der Waals surface area contributed by atoms with Crippen LogP contribution in [-0.2, 0) is 14.3 Å². The molecular formula is C17H16F2N2O3S. The molecule has 0 bridgehead atoms. The van der Waals surface area contributed by atoms with Gasteiger partial charge in [-0.05, 0) is 31.5 Å². The third-order valence-electron chi connectivity index (χ3n) is 3.10. The Labute approximate surface area is 147 Å². The van der Waals surface area contributed by atoms with Crippen LogP contribution in [0, 0.1) is 11.6 Å². The summed E-state index contributed by atoms with van der Waals surface area (Å²) in [4.78, 5) is 27.6. The van der Waals surface area contributed by atoms with Gasteiger partial charge in [-0.2, -0.15) is 0 Å². The van der Waals surface area contributed by atoms with Crippen molar-refractivity contribution >= 4 is 28.3 Å². The van der Waals surface area contributed by atoms with Gasteiger partial charge in [0.15, 0.2) is 22.9 Å². The fourth-order valence-corrected chi connectivity index (χ4v) is 2.53. The fourth-order valence-electron chi connectivity index (χ4n) is 1.81. The minimum Gasteiger partial charge on any atom is -0.449 e. The molecule has 1 aromatic heterocycles. The number of carbonyl (C=O) groups excluding carboxylic acids is 2. The van der Waals surface area contributed by atoms with Gasteiger partial charge in [0.2, 0.25) is 0 Å². The van der Waals surface area contributed by atoms with Crippen LogP contribution in [0.5, 0.6) is 0 Å². The molecule has 0 aliphatic heterocycles. The number of halogens is 2. The lowest BCUT2D eigenvalue weighted by atomic mass is 10.2. The first kappa shape index (κ1) is 18.7. The Balaban J connectivity index is 2.00. The molecule has 1 aromatic carbocycles. The van der Waals surface area contributed by atoms with E-state index in [4.69, 9.17) is 4.74 Å². The molecule has 132 valence electrons. The summed E-state index contributed by atoms with van der Waals surface area (Å²) in [5.74, 6) is -3.06. The van der Waals surface area contributed by atoms with Crippen LogP contribution in [0.4, 0.5) is 13.9 Å². The zero-order chi connectivity index (χ0) is 18.4. The van der Waals surface area contributed by atoms with E-state index in [0.717, 1.165) is 23.5 Å². The highest BCUT2D eigenvalue weighted by Gasteiger charge is 2.18. The number of thiazole rings is 1. The predicted molar refractivity (Wildman–Crippen MR) is 91.1 cm³/mol. The first-order valence-electron chi connectivity index (χ1n) is 7.49. The molecule has 8 heteroatoms. The van der Waals surface area contributed by atoms with Gasteiger partial charge in [-0.3, -0.25) is 10.1 Å². The number of allylic oxidation sites excluding steroid dienone is 1. The molecule has 0 radical (unpaired) electrons. The minimum absolute atomic E-state index is 0.261. The van der Waals surface area contributed by atoms with Crippen LogP contribution in [0.2, 0.25) is 0 Å². The van der Waals surface area contributed by atoms with E-state index in [1.165, 1.54) is 19.1 Å². The van der Waals surface area contributed by atoms with Crippen molar-refractivity contribution in [2.24, 2.45) is 0 Å². The van der Waals surface area contributed by atoms with Crippen molar-refractivity contribution in [3.05, 3.63) is 47.4 Å². The Morgan fingerprint density at radius 1 is 1.36 bits per heavy atom. The maximum Gasteiger partial charge on any atom is 0.331 e. The van der Waals surface area contributed by atoms with Gasteiger partial charge in [0.25, 0.3) is 5.91 Å². The average Bonchev–Trinajstić information content (AvgIpc) is 3.03. The Kier molecular flexibility index (Phi) is 6.35. The second-order valence-corrected chi connectivity index (χ2v) is 5.90. The molecule has 0 aliphatic carbocycles. The summed E-state index contributed by atoms with van der Waals surface area (Å²) in [6.07, 6.45) is 2.57. The first-order valence-corrected chi connectivity index (χ1v) is 8.37. The van der Waals surface area contributed by atoms with Gasteiger partial charge in [-0.25, -0.2) is 18.6 Å². The van der Waals surface area contributed by atoms with Gasteiger partial charge < -0.3 is 4.74 Å². The smallest absolute Gasteiger partial charge is 0.331 e. The van der Waals surface area contributed by atoms with E-state index in [9.17, 15) is 18.4 Å². The number of rotatable bonds is 6. The van der Waals surface area contributed by atoms with Crippen LogP contribution in [0.25, 0.3) is 11.3 Å². The van der Waals surface area contributed by atoms with Gasteiger partial charge in [-0.1, -0.05) is 13.0 Å². The number of hydrogen-bond acceptors (Lipinski definition) is 5. The summed E-state index contributed by atoms with van der Waals surface area (Å²) in [6.45, 7) is 3.31. The van der Waals surface area contributed by atoms with Crippen LogP contribution in [0.15, 0.2) is 35.7 Å². The van der Waals surface area contributed by atoms with Crippen molar-refractivity contribution in [3.8, 4) is 11.3 Å². The van der Waals surface area contributed by atoms with E-state index in [2.05, 4.69) is 10.3 Å². The summed E-state index contributed by atoms with van der Waals surface area (Å²) >= 11 is 1.12. The van der Waals surface area contributed by atoms with Crippen molar-refractivity contribution < 1.29 is 23.1 Å². The molecule has 1 heterocycles. The Morgan fingerprint density at radius 3 is 2.80 bits per heavy atom. The van der Waals surface area contributed by atoms with Crippen molar-refractivity contribution in [1.82, 2.24) is 4.98 Å². The van der Waals surface area contributed by atoms with E-state index in [1.54, 1.807) is 11.5 Å².